The van der Waals surface area contributed by atoms with Crippen LogP contribution in [0.25, 0.3) is 0 Å². The first-order valence-corrected chi connectivity index (χ1v) is 13.5. The van der Waals surface area contributed by atoms with Crippen molar-refractivity contribution in [2.45, 2.75) is 19.9 Å². The summed E-state index contributed by atoms with van der Waals surface area (Å²) in [7, 11) is -2.54. The van der Waals surface area contributed by atoms with Gasteiger partial charge in [-0.25, -0.2) is 9.97 Å². The third-order valence-corrected chi connectivity index (χ3v) is 6.60. The summed E-state index contributed by atoms with van der Waals surface area (Å²) in [6, 6.07) is 11.5. The highest BCUT2D eigenvalue weighted by atomic mass is 31.2. The second-order valence-electron chi connectivity index (χ2n) is 8.21. The average Bonchev–Trinajstić information content (AvgIpc) is 2.79. The first kappa shape index (κ1) is 22.9. The topological polar surface area (TPSA) is 121 Å². The quantitative estimate of drug-likeness (QED) is 0.393. The van der Waals surface area contributed by atoms with Gasteiger partial charge in [0.2, 0.25) is 5.95 Å². The van der Waals surface area contributed by atoms with Crippen LogP contribution < -0.4 is 26.7 Å². The van der Waals surface area contributed by atoms with E-state index in [-0.39, 0.29) is 5.91 Å². The fourth-order valence-corrected chi connectivity index (χ4v) is 4.35. The highest BCUT2D eigenvalue weighted by Gasteiger charge is 2.18. The van der Waals surface area contributed by atoms with Crippen molar-refractivity contribution in [3.8, 4) is 0 Å². The largest absolute Gasteiger partial charge is 0.352 e. The van der Waals surface area contributed by atoms with Gasteiger partial charge >= 0.3 is 0 Å². The molecule has 10 heteroatoms. The minimum Gasteiger partial charge on any atom is -0.352 e. The lowest BCUT2D eigenvalue weighted by Gasteiger charge is -2.18. The number of amides is 1. The molecule has 2 aromatic heterocycles. The van der Waals surface area contributed by atoms with Crippen LogP contribution in [0.1, 0.15) is 28.4 Å². The van der Waals surface area contributed by atoms with Crippen molar-refractivity contribution in [3.05, 3.63) is 59.3 Å². The predicted molar refractivity (Wildman–Crippen MR) is 132 cm³/mol. The SMILES string of the molecule is CCNC(=O)c1cnc(Nc2ccc3c(c2)CNCC3)nc1Nc1cccc(P(C)(C)=O)n1. The molecule has 33 heavy (non-hydrogen) atoms. The van der Waals surface area contributed by atoms with Gasteiger partial charge in [-0.1, -0.05) is 12.1 Å². The fraction of sp³-hybridized carbons (Fsp3) is 0.304. The molecule has 1 aromatic carbocycles. The molecule has 0 spiro atoms. The minimum absolute atomic E-state index is 0.292. The lowest BCUT2D eigenvalue weighted by atomic mass is 10.0. The minimum atomic E-state index is -2.54. The van der Waals surface area contributed by atoms with E-state index in [1.54, 1.807) is 31.5 Å². The maximum atomic E-state index is 12.6. The summed E-state index contributed by atoms with van der Waals surface area (Å²) < 4.78 is 12.4. The first-order chi connectivity index (χ1) is 15.8. The highest BCUT2D eigenvalue weighted by molar-refractivity contribution is 7.69. The van der Waals surface area contributed by atoms with Crippen molar-refractivity contribution in [2.24, 2.45) is 0 Å². The molecule has 0 atom stereocenters. The maximum Gasteiger partial charge on any atom is 0.256 e. The van der Waals surface area contributed by atoms with Gasteiger partial charge in [-0.05, 0) is 68.6 Å². The number of nitrogens with one attached hydrogen (secondary N) is 4. The van der Waals surface area contributed by atoms with Gasteiger partial charge in [0.15, 0.2) is 0 Å². The summed E-state index contributed by atoms with van der Waals surface area (Å²) in [5.74, 6) is 0.817. The van der Waals surface area contributed by atoms with Crippen LogP contribution in [0.15, 0.2) is 42.6 Å². The molecule has 1 aliphatic rings. The third-order valence-electron chi connectivity index (χ3n) is 5.25. The van der Waals surface area contributed by atoms with Crippen LogP contribution in [0.3, 0.4) is 0 Å². The summed E-state index contributed by atoms with van der Waals surface area (Å²) in [5, 5.41) is 12.5. The standard InChI is InChI=1S/C23H28N7O2P/c1-4-25-22(31)18-14-26-23(27-17-9-8-15-10-11-24-13-16(15)12-17)30-21(18)29-19-6-5-7-20(28-19)33(2,3)32/h5-9,12,14,24H,4,10-11,13H2,1-3H3,(H,25,31)(H2,26,27,28,29,30). The second-order valence-corrected chi connectivity index (χ2v) is 11.4. The van der Waals surface area contributed by atoms with Crippen LogP contribution in [-0.4, -0.2) is 47.3 Å². The van der Waals surface area contributed by atoms with Gasteiger partial charge in [0.1, 0.15) is 29.8 Å². The van der Waals surface area contributed by atoms with Gasteiger partial charge in [-0.15, -0.1) is 0 Å². The Morgan fingerprint density at radius 3 is 2.76 bits per heavy atom. The van der Waals surface area contributed by atoms with E-state index in [2.05, 4.69) is 48.4 Å². The lowest BCUT2D eigenvalue weighted by molar-refractivity contribution is 0.0956. The van der Waals surface area contributed by atoms with Gasteiger partial charge < -0.3 is 25.8 Å². The van der Waals surface area contributed by atoms with E-state index in [9.17, 15) is 9.36 Å². The summed E-state index contributed by atoms with van der Waals surface area (Å²) in [5.41, 5.74) is 4.24. The van der Waals surface area contributed by atoms with E-state index >= 15 is 0 Å². The average molecular weight is 465 g/mol. The molecule has 4 rings (SSSR count). The number of benzene rings is 1. The molecule has 0 radical (unpaired) electrons. The number of fused-ring (bicyclic) bond motifs is 1. The fourth-order valence-electron chi connectivity index (χ4n) is 3.56. The van der Waals surface area contributed by atoms with Crippen molar-refractivity contribution in [1.82, 2.24) is 25.6 Å². The molecule has 172 valence electrons. The lowest BCUT2D eigenvalue weighted by Crippen LogP contribution is -2.24. The van der Waals surface area contributed by atoms with E-state index in [4.69, 9.17) is 0 Å². The highest BCUT2D eigenvalue weighted by Crippen LogP contribution is 2.34. The summed E-state index contributed by atoms with van der Waals surface area (Å²) in [6.07, 6.45) is 2.49. The smallest absolute Gasteiger partial charge is 0.256 e. The van der Waals surface area contributed by atoms with Crippen molar-refractivity contribution < 1.29 is 9.36 Å². The van der Waals surface area contributed by atoms with Crippen LogP contribution in [0.5, 0.6) is 0 Å². The van der Waals surface area contributed by atoms with E-state index < -0.39 is 7.14 Å². The van der Waals surface area contributed by atoms with Crippen LogP contribution in [0.2, 0.25) is 0 Å². The molecule has 0 bridgehead atoms. The molecule has 1 amide bonds. The molecule has 0 unspecified atom stereocenters. The molecule has 9 nitrogen and oxygen atoms in total. The van der Waals surface area contributed by atoms with Crippen molar-refractivity contribution in [1.29, 1.82) is 0 Å². The zero-order valence-electron chi connectivity index (χ0n) is 19.0. The zero-order chi connectivity index (χ0) is 23.4. The first-order valence-electron chi connectivity index (χ1n) is 10.9. The van der Waals surface area contributed by atoms with Crippen molar-refractivity contribution >= 4 is 41.8 Å². The summed E-state index contributed by atoms with van der Waals surface area (Å²) in [4.78, 5) is 25.9. The number of nitrogens with zero attached hydrogens (tertiary/aromatic N) is 3. The summed E-state index contributed by atoms with van der Waals surface area (Å²) >= 11 is 0. The van der Waals surface area contributed by atoms with Crippen LogP contribution in [0.4, 0.5) is 23.3 Å². The Balaban J connectivity index is 1.65. The number of anilines is 4. The van der Waals surface area contributed by atoms with Crippen LogP contribution >= 0.6 is 7.14 Å². The molecule has 0 saturated heterocycles. The molecule has 0 aliphatic carbocycles. The van der Waals surface area contributed by atoms with Gasteiger partial charge in [0.05, 0.1) is 0 Å². The zero-order valence-corrected chi connectivity index (χ0v) is 19.9. The molecular weight excluding hydrogens is 437 g/mol. The van der Waals surface area contributed by atoms with Gasteiger partial charge in [-0.3, -0.25) is 4.79 Å². The van der Waals surface area contributed by atoms with Gasteiger partial charge in [0, 0.05) is 25.0 Å². The Hall–Kier alpha value is -3.29. The molecule has 0 saturated carbocycles. The van der Waals surface area contributed by atoms with Gasteiger partial charge in [0.25, 0.3) is 5.91 Å². The van der Waals surface area contributed by atoms with Crippen molar-refractivity contribution in [2.75, 3.05) is 37.1 Å². The molecule has 4 N–H and O–H groups in total. The number of hydrogen-bond acceptors (Lipinski definition) is 8. The third kappa shape index (κ3) is 5.56. The Labute approximate surface area is 193 Å². The number of rotatable bonds is 7. The normalized spacial score (nSPS) is 13.2. The van der Waals surface area contributed by atoms with E-state index in [1.165, 1.54) is 17.3 Å². The monoisotopic (exact) mass is 465 g/mol. The van der Waals surface area contributed by atoms with E-state index in [1.807, 2.05) is 13.0 Å². The Bertz CT molecular complexity index is 1230. The molecule has 3 heterocycles. The second kappa shape index (κ2) is 9.68. The van der Waals surface area contributed by atoms with Crippen LogP contribution in [0, 0.1) is 0 Å². The number of hydrogen-bond donors (Lipinski definition) is 4. The predicted octanol–water partition coefficient (Wildman–Crippen LogP) is 3.00. The number of pyridine rings is 1. The molecule has 3 aromatic rings. The van der Waals surface area contributed by atoms with E-state index in [0.29, 0.717) is 35.1 Å². The maximum absolute atomic E-state index is 12.6. The van der Waals surface area contributed by atoms with E-state index in [0.717, 1.165) is 25.2 Å². The number of carbonyl (C=O) groups excluding carboxylic acids is 1. The Morgan fingerprint density at radius 2 is 1.97 bits per heavy atom. The Morgan fingerprint density at radius 1 is 1.12 bits per heavy atom. The molecule has 0 fully saturated rings. The molecular formula is C23H28N7O2P. The molecule has 1 aliphatic heterocycles. The number of carbonyl (C=O) groups is 1. The van der Waals surface area contributed by atoms with Gasteiger partial charge in [-0.2, -0.15) is 4.98 Å². The van der Waals surface area contributed by atoms with Crippen molar-refractivity contribution in [3.63, 3.8) is 0 Å². The number of aromatic nitrogens is 3. The van der Waals surface area contributed by atoms with Crippen LogP contribution in [-0.2, 0) is 17.5 Å². The Kier molecular flexibility index (Phi) is 6.72. The summed E-state index contributed by atoms with van der Waals surface area (Å²) in [6.45, 7) is 7.47.